The minimum absolute atomic E-state index is 0.185. The maximum Gasteiger partial charge on any atom is 0.218 e. The number of halogens is 1. The molecule has 0 aliphatic carbocycles. The highest BCUT2D eigenvalue weighted by Gasteiger charge is 2.27. The molecule has 1 aromatic carbocycles. The zero-order valence-electron chi connectivity index (χ0n) is 15.1. The van der Waals surface area contributed by atoms with Gasteiger partial charge in [-0.05, 0) is 66.4 Å². The number of hydrogen-bond acceptors (Lipinski definition) is 4. The molecule has 2 N–H and O–H groups in total. The summed E-state index contributed by atoms with van der Waals surface area (Å²) in [5.74, 6) is -0.454. The summed E-state index contributed by atoms with van der Waals surface area (Å²) in [6.07, 6.45) is 2.44. The maximum absolute atomic E-state index is 13.4. The van der Waals surface area contributed by atoms with Crippen molar-refractivity contribution < 1.29 is 9.18 Å². The lowest BCUT2D eigenvalue weighted by Gasteiger charge is -2.41. The number of primary amides is 1. The van der Waals surface area contributed by atoms with Crippen molar-refractivity contribution in [3.63, 3.8) is 0 Å². The van der Waals surface area contributed by atoms with Gasteiger partial charge in [0.15, 0.2) is 0 Å². The van der Waals surface area contributed by atoms with Crippen molar-refractivity contribution in [3.05, 3.63) is 52.5 Å². The normalized spacial score (nSPS) is 17.2. The molecule has 0 radical (unpaired) electrons. The Bertz CT molecular complexity index is 696. The molecule has 1 fully saturated rings. The van der Waals surface area contributed by atoms with Crippen molar-refractivity contribution in [3.8, 4) is 0 Å². The van der Waals surface area contributed by atoms with E-state index < -0.39 is 0 Å². The second kappa shape index (κ2) is 8.64. The maximum atomic E-state index is 13.4. The first-order valence-electron chi connectivity index (χ1n) is 9.08. The molecule has 2 aromatic rings. The van der Waals surface area contributed by atoms with E-state index in [-0.39, 0.29) is 17.8 Å². The van der Waals surface area contributed by atoms with Crippen molar-refractivity contribution in [2.24, 2.45) is 5.73 Å². The second-order valence-electron chi connectivity index (χ2n) is 7.02. The predicted molar refractivity (Wildman–Crippen MR) is 105 cm³/mol. The van der Waals surface area contributed by atoms with Crippen molar-refractivity contribution in [2.45, 2.75) is 44.8 Å². The van der Waals surface area contributed by atoms with Gasteiger partial charge in [-0.15, -0.1) is 0 Å². The molecule has 0 saturated carbocycles. The lowest BCUT2D eigenvalue weighted by atomic mass is 9.99. The van der Waals surface area contributed by atoms with Crippen LogP contribution >= 0.6 is 11.3 Å². The molecule has 140 valence electrons. The molecule has 4 nitrogen and oxygen atoms in total. The van der Waals surface area contributed by atoms with Crippen LogP contribution in [0.5, 0.6) is 0 Å². The van der Waals surface area contributed by atoms with Crippen LogP contribution in [0.15, 0.2) is 41.1 Å². The van der Waals surface area contributed by atoms with E-state index in [1.165, 1.54) is 17.7 Å². The lowest BCUT2D eigenvalue weighted by Crippen LogP contribution is -2.48. The Labute approximate surface area is 158 Å². The summed E-state index contributed by atoms with van der Waals surface area (Å²) in [6, 6.07) is 9.51. The van der Waals surface area contributed by atoms with Gasteiger partial charge in [-0.1, -0.05) is 0 Å². The number of benzene rings is 1. The van der Waals surface area contributed by atoms with Crippen LogP contribution in [0.2, 0.25) is 0 Å². The lowest BCUT2D eigenvalue weighted by molar-refractivity contribution is -0.119. The van der Waals surface area contributed by atoms with Crippen LogP contribution < -0.4 is 10.6 Å². The molecule has 1 atom stereocenters. The summed E-state index contributed by atoms with van der Waals surface area (Å²) in [5, 5.41) is 4.26. The molecule has 1 aliphatic heterocycles. The molecule has 2 heterocycles. The average molecular weight is 376 g/mol. The summed E-state index contributed by atoms with van der Waals surface area (Å²) < 4.78 is 13.4. The third-order valence-electron chi connectivity index (χ3n) is 5.15. The molecular weight excluding hydrogens is 349 g/mol. The zero-order valence-corrected chi connectivity index (χ0v) is 15.9. The molecule has 0 spiro atoms. The van der Waals surface area contributed by atoms with Gasteiger partial charge in [0.25, 0.3) is 0 Å². The van der Waals surface area contributed by atoms with Gasteiger partial charge in [0.1, 0.15) is 5.82 Å². The largest absolute Gasteiger partial charge is 0.370 e. The molecular formula is C20H26FN3OS. The summed E-state index contributed by atoms with van der Waals surface area (Å²) in [7, 11) is 0. The molecule has 1 amide bonds. The smallest absolute Gasteiger partial charge is 0.218 e. The van der Waals surface area contributed by atoms with Gasteiger partial charge in [0.2, 0.25) is 5.91 Å². The van der Waals surface area contributed by atoms with Crippen molar-refractivity contribution in [1.29, 1.82) is 0 Å². The van der Waals surface area contributed by atoms with Gasteiger partial charge in [0.05, 0.1) is 0 Å². The van der Waals surface area contributed by atoms with Crippen molar-refractivity contribution in [1.82, 2.24) is 4.90 Å². The fourth-order valence-electron chi connectivity index (χ4n) is 3.70. The first-order chi connectivity index (χ1) is 12.5. The summed E-state index contributed by atoms with van der Waals surface area (Å²) in [4.78, 5) is 15.9. The van der Waals surface area contributed by atoms with Gasteiger partial charge in [-0.2, -0.15) is 11.3 Å². The predicted octanol–water partition coefficient (Wildman–Crippen LogP) is 3.62. The Morgan fingerprint density at radius 2 is 2.00 bits per heavy atom. The molecule has 6 heteroatoms. The van der Waals surface area contributed by atoms with Crippen LogP contribution in [-0.2, 0) is 11.3 Å². The number of thiophene rings is 1. The average Bonchev–Trinajstić information content (AvgIpc) is 3.13. The Balaban J connectivity index is 1.69. The summed E-state index contributed by atoms with van der Waals surface area (Å²) in [5.41, 5.74) is 7.67. The monoisotopic (exact) mass is 375 g/mol. The molecule has 26 heavy (non-hydrogen) atoms. The van der Waals surface area contributed by atoms with Crippen LogP contribution in [0.25, 0.3) is 0 Å². The van der Waals surface area contributed by atoms with Crippen LogP contribution in [0.1, 0.15) is 31.7 Å². The van der Waals surface area contributed by atoms with E-state index in [0.29, 0.717) is 12.5 Å². The number of likely N-dealkylation sites (tertiary alicyclic amines) is 1. The Kier molecular flexibility index (Phi) is 6.27. The third kappa shape index (κ3) is 4.83. The van der Waals surface area contributed by atoms with Crippen LogP contribution in [0, 0.1) is 5.82 Å². The van der Waals surface area contributed by atoms with E-state index in [9.17, 15) is 9.18 Å². The fourth-order valence-corrected chi connectivity index (χ4v) is 4.36. The topological polar surface area (TPSA) is 49.6 Å². The summed E-state index contributed by atoms with van der Waals surface area (Å²) in [6.45, 7) is 4.78. The zero-order chi connectivity index (χ0) is 18.5. The van der Waals surface area contributed by atoms with Crippen molar-refractivity contribution in [2.75, 3.05) is 18.0 Å². The minimum atomic E-state index is -0.245. The minimum Gasteiger partial charge on any atom is -0.370 e. The number of carbonyl (C=O) groups excluding carboxylic acids is 1. The van der Waals surface area contributed by atoms with Crippen LogP contribution in [-0.4, -0.2) is 36.0 Å². The Morgan fingerprint density at radius 3 is 2.58 bits per heavy atom. The molecule has 0 unspecified atom stereocenters. The van der Waals surface area contributed by atoms with E-state index in [1.807, 2.05) is 12.1 Å². The van der Waals surface area contributed by atoms with E-state index in [4.69, 9.17) is 5.73 Å². The third-order valence-corrected chi connectivity index (χ3v) is 5.88. The highest BCUT2D eigenvalue weighted by Crippen LogP contribution is 2.27. The fraction of sp³-hybridized carbons (Fsp3) is 0.450. The van der Waals surface area contributed by atoms with E-state index in [0.717, 1.165) is 38.2 Å². The number of carbonyl (C=O) groups is 1. The number of nitrogens with zero attached hydrogens (tertiary/aromatic N) is 2. The molecule has 1 aliphatic rings. The number of piperidine rings is 1. The molecule has 0 bridgehead atoms. The number of amides is 1. The number of hydrogen-bond donors (Lipinski definition) is 1. The van der Waals surface area contributed by atoms with Crippen molar-refractivity contribution >= 4 is 22.9 Å². The van der Waals surface area contributed by atoms with Gasteiger partial charge in [-0.3, -0.25) is 9.69 Å². The molecule has 3 rings (SSSR count). The van der Waals surface area contributed by atoms with Crippen LogP contribution in [0.3, 0.4) is 0 Å². The number of rotatable bonds is 7. The highest BCUT2D eigenvalue weighted by molar-refractivity contribution is 7.07. The molecule has 1 saturated heterocycles. The first-order valence-corrected chi connectivity index (χ1v) is 10.0. The number of anilines is 1. The van der Waals surface area contributed by atoms with E-state index >= 15 is 0 Å². The summed E-state index contributed by atoms with van der Waals surface area (Å²) >= 11 is 1.70. The van der Waals surface area contributed by atoms with Gasteiger partial charge >= 0.3 is 0 Å². The van der Waals surface area contributed by atoms with Crippen LogP contribution in [0.4, 0.5) is 10.1 Å². The SMILES string of the molecule is C[C@H](CC(N)=O)N1CCC(N(Cc2ccsc2)c2ccc(F)cc2)CC1. The van der Waals surface area contributed by atoms with E-state index in [1.54, 1.807) is 11.3 Å². The standard InChI is InChI=1S/C20H26FN3OS/c1-15(12-20(22)25)23-9-6-19(7-10-23)24(13-16-8-11-26-14-16)18-4-2-17(21)3-5-18/h2-5,8,11,14-15,19H,6-7,9-10,12-13H2,1H3,(H2,22,25)/t15-/m1/s1. The molecule has 1 aromatic heterocycles. The second-order valence-corrected chi connectivity index (χ2v) is 7.80. The quantitative estimate of drug-likeness (QED) is 0.804. The van der Waals surface area contributed by atoms with E-state index in [2.05, 4.69) is 33.6 Å². The Hall–Kier alpha value is -1.92. The number of nitrogens with two attached hydrogens (primary N) is 1. The highest BCUT2D eigenvalue weighted by atomic mass is 32.1. The Morgan fingerprint density at radius 1 is 1.31 bits per heavy atom. The van der Waals surface area contributed by atoms with Gasteiger partial charge in [0, 0.05) is 43.8 Å². The van der Waals surface area contributed by atoms with Gasteiger partial charge < -0.3 is 10.6 Å². The first kappa shape index (κ1) is 18.9. The van der Waals surface area contributed by atoms with Gasteiger partial charge in [-0.25, -0.2) is 4.39 Å².